The molecule has 0 aliphatic rings. The van der Waals surface area contributed by atoms with Crippen LogP contribution >= 0.6 is 11.6 Å². The zero-order chi connectivity index (χ0) is 10.4. The lowest BCUT2D eigenvalue weighted by Gasteiger charge is -2.02. The molecule has 0 atom stereocenters. The highest BCUT2D eigenvalue weighted by Gasteiger charge is 2.01. The molecule has 0 aliphatic heterocycles. The predicted octanol–water partition coefficient (Wildman–Crippen LogP) is 0.270. The Bertz CT molecular complexity index is 277. The second kappa shape index (κ2) is 5.69. The number of ether oxygens (including phenoxy) is 2. The van der Waals surface area contributed by atoms with Gasteiger partial charge in [-0.1, -0.05) is 0 Å². The molecule has 1 aromatic rings. The molecule has 2 N–H and O–H groups in total. The third-order valence-corrected chi connectivity index (χ3v) is 1.50. The van der Waals surface area contributed by atoms with E-state index in [1.54, 1.807) is 7.11 Å². The molecule has 0 fully saturated rings. The van der Waals surface area contributed by atoms with Gasteiger partial charge in [0.05, 0.1) is 13.2 Å². The zero-order valence-electron chi connectivity index (χ0n) is 7.73. The molecule has 0 aliphatic carbocycles. The molecule has 0 aromatic carbocycles. The van der Waals surface area contributed by atoms with Crippen molar-refractivity contribution in [1.29, 1.82) is 0 Å². The topological polar surface area (TPSA) is 83.2 Å². The first-order valence-corrected chi connectivity index (χ1v) is 4.33. The van der Waals surface area contributed by atoms with Crippen LogP contribution in [0.3, 0.4) is 0 Å². The Labute approximate surface area is 86.4 Å². The number of nitrogen functional groups attached to an aromatic ring is 1. The Morgan fingerprint density at radius 2 is 2.07 bits per heavy atom. The summed E-state index contributed by atoms with van der Waals surface area (Å²) in [7, 11) is 1.60. The normalized spacial score (nSPS) is 10.4. The van der Waals surface area contributed by atoms with Crippen molar-refractivity contribution in [3.8, 4) is 0 Å². The molecular formula is C7H11ClN4O2. The van der Waals surface area contributed by atoms with E-state index in [9.17, 15) is 0 Å². The van der Waals surface area contributed by atoms with Gasteiger partial charge in [0, 0.05) is 7.11 Å². The van der Waals surface area contributed by atoms with Crippen molar-refractivity contribution in [1.82, 2.24) is 15.0 Å². The largest absolute Gasteiger partial charge is 0.382 e. The van der Waals surface area contributed by atoms with E-state index in [0.717, 1.165) is 0 Å². The SMILES string of the molecule is COCCOCc1nc(N)nc(Cl)n1. The number of methoxy groups -OCH3 is 1. The fourth-order valence-electron chi connectivity index (χ4n) is 0.779. The molecule has 0 amide bonds. The fourth-order valence-corrected chi connectivity index (χ4v) is 0.963. The van der Waals surface area contributed by atoms with Crippen LogP contribution in [0.25, 0.3) is 0 Å². The Hall–Kier alpha value is -0.980. The minimum atomic E-state index is 0.0721. The number of hydrogen-bond acceptors (Lipinski definition) is 6. The van der Waals surface area contributed by atoms with Crippen LogP contribution in [-0.2, 0) is 16.1 Å². The van der Waals surface area contributed by atoms with E-state index in [2.05, 4.69) is 15.0 Å². The Morgan fingerprint density at radius 1 is 1.29 bits per heavy atom. The average molecular weight is 219 g/mol. The van der Waals surface area contributed by atoms with Gasteiger partial charge in [0.1, 0.15) is 6.61 Å². The quantitative estimate of drug-likeness (QED) is 0.715. The minimum Gasteiger partial charge on any atom is -0.382 e. The van der Waals surface area contributed by atoms with Crippen LogP contribution in [0.2, 0.25) is 5.28 Å². The number of rotatable bonds is 5. The summed E-state index contributed by atoms with van der Waals surface area (Å²) in [6.45, 7) is 1.24. The lowest BCUT2D eigenvalue weighted by atomic mass is 10.6. The number of anilines is 1. The Kier molecular flexibility index (Phi) is 4.51. The molecule has 6 nitrogen and oxygen atoms in total. The van der Waals surface area contributed by atoms with E-state index in [1.807, 2.05) is 0 Å². The Balaban J connectivity index is 2.42. The first-order valence-electron chi connectivity index (χ1n) is 3.95. The molecule has 0 radical (unpaired) electrons. The molecule has 7 heteroatoms. The van der Waals surface area contributed by atoms with Gasteiger partial charge in [-0.3, -0.25) is 0 Å². The number of nitrogens with two attached hydrogens (primary N) is 1. The van der Waals surface area contributed by atoms with E-state index in [4.69, 9.17) is 26.8 Å². The van der Waals surface area contributed by atoms with Crippen molar-refractivity contribution in [3.05, 3.63) is 11.1 Å². The van der Waals surface area contributed by atoms with Crippen LogP contribution < -0.4 is 5.73 Å². The second-order valence-corrected chi connectivity index (χ2v) is 2.76. The molecule has 0 bridgehead atoms. The van der Waals surface area contributed by atoms with Crippen molar-refractivity contribution in [2.75, 3.05) is 26.1 Å². The lowest BCUT2D eigenvalue weighted by molar-refractivity contribution is 0.0586. The van der Waals surface area contributed by atoms with Crippen molar-refractivity contribution < 1.29 is 9.47 Å². The summed E-state index contributed by atoms with van der Waals surface area (Å²) in [5.41, 5.74) is 5.36. The monoisotopic (exact) mass is 218 g/mol. The number of halogens is 1. The highest BCUT2D eigenvalue weighted by molar-refractivity contribution is 6.28. The van der Waals surface area contributed by atoms with Crippen LogP contribution in [0, 0.1) is 0 Å². The van der Waals surface area contributed by atoms with Crippen LogP contribution in [0.5, 0.6) is 0 Å². The van der Waals surface area contributed by atoms with Gasteiger partial charge in [-0.05, 0) is 11.6 Å². The van der Waals surface area contributed by atoms with Gasteiger partial charge in [0.15, 0.2) is 5.82 Å². The highest BCUT2D eigenvalue weighted by Crippen LogP contribution is 2.03. The standard InChI is InChI=1S/C7H11ClN4O2/c1-13-2-3-14-4-5-10-6(8)12-7(9)11-5/h2-4H2,1H3,(H2,9,10,11,12). The van der Waals surface area contributed by atoms with Gasteiger partial charge in [0.25, 0.3) is 0 Å². The molecule has 1 heterocycles. The molecule has 0 spiro atoms. The fraction of sp³-hybridized carbons (Fsp3) is 0.571. The van der Waals surface area contributed by atoms with Gasteiger partial charge in [-0.25, -0.2) is 4.98 Å². The number of hydrogen-bond donors (Lipinski definition) is 1. The van der Waals surface area contributed by atoms with Crippen LogP contribution in [0.15, 0.2) is 0 Å². The maximum absolute atomic E-state index is 5.57. The summed E-state index contributed by atoms with van der Waals surface area (Å²) < 4.78 is 9.98. The third kappa shape index (κ3) is 3.82. The van der Waals surface area contributed by atoms with Crippen molar-refractivity contribution in [2.24, 2.45) is 0 Å². The van der Waals surface area contributed by atoms with E-state index in [-0.39, 0.29) is 17.8 Å². The third-order valence-electron chi connectivity index (χ3n) is 1.33. The maximum Gasteiger partial charge on any atom is 0.227 e. The molecule has 1 aromatic heterocycles. The van der Waals surface area contributed by atoms with Crippen molar-refractivity contribution in [2.45, 2.75) is 6.61 Å². The van der Waals surface area contributed by atoms with Gasteiger partial charge in [-0.2, -0.15) is 9.97 Å². The smallest absolute Gasteiger partial charge is 0.227 e. The Morgan fingerprint density at radius 3 is 2.71 bits per heavy atom. The molecule has 0 saturated carbocycles. The molecule has 14 heavy (non-hydrogen) atoms. The summed E-state index contributed by atoms with van der Waals surface area (Å²) in [5.74, 6) is 0.508. The zero-order valence-corrected chi connectivity index (χ0v) is 8.49. The summed E-state index contributed by atoms with van der Waals surface area (Å²) in [5, 5.41) is 0.0721. The van der Waals surface area contributed by atoms with E-state index in [1.165, 1.54) is 0 Å². The van der Waals surface area contributed by atoms with Gasteiger partial charge in [0.2, 0.25) is 11.2 Å². The summed E-state index contributed by atoms with van der Waals surface area (Å²) in [4.78, 5) is 11.3. The van der Waals surface area contributed by atoms with Crippen molar-refractivity contribution >= 4 is 17.5 Å². The molecular weight excluding hydrogens is 208 g/mol. The van der Waals surface area contributed by atoms with Gasteiger partial charge >= 0.3 is 0 Å². The predicted molar refractivity (Wildman–Crippen MR) is 50.8 cm³/mol. The van der Waals surface area contributed by atoms with E-state index >= 15 is 0 Å². The summed E-state index contributed by atoms with van der Waals surface area (Å²) >= 11 is 5.57. The van der Waals surface area contributed by atoms with Crippen LogP contribution in [0.1, 0.15) is 5.82 Å². The van der Waals surface area contributed by atoms with Crippen LogP contribution in [-0.4, -0.2) is 35.3 Å². The van der Waals surface area contributed by atoms with E-state index < -0.39 is 0 Å². The molecule has 0 saturated heterocycles. The first-order chi connectivity index (χ1) is 6.72. The molecule has 78 valence electrons. The maximum atomic E-state index is 5.57. The van der Waals surface area contributed by atoms with Gasteiger partial charge in [-0.15, -0.1) is 0 Å². The second-order valence-electron chi connectivity index (χ2n) is 2.42. The summed E-state index contributed by atoms with van der Waals surface area (Å²) in [6, 6.07) is 0. The highest BCUT2D eigenvalue weighted by atomic mass is 35.5. The van der Waals surface area contributed by atoms with Gasteiger partial charge < -0.3 is 15.2 Å². The number of aromatic nitrogens is 3. The molecule has 0 unspecified atom stereocenters. The molecule has 1 rings (SSSR count). The van der Waals surface area contributed by atoms with Crippen molar-refractivity contribution in [3.63, 3.8) is 0 Å². The lowest BCUT2D eigenvalue weighted by Crippen LogP contribution is -2.07. The summed E-state index contributed by atoms with van der Waals surface area (Å²) in [6.07, 6.45) is 0. The first kappa shape index (κ1) is 11.1. The van der Waals surface area contributed by atoms with E-state index in [0.29, 0.717) is 19.0 Å². The van der Waals surface area contributed by atoms with Crippen LogP contribution in [0.4, 0.5) is 5.95 Å². The average Bonchev–Trinajstić information content (AvgIpc) is 2.11. The minimum absolute atomic E-state index is 0.0721. The number of nitrogens with zero attached hydrogens (tertiary/aromatic N) is 3.